The molecule has 1 saturated heterocycles. The molecule has 0 aromatic carbocycles. The van der Waals surface area contributed by atoms with Gasteiger partial charge >= 0.3 is 0 Å². The number of halogens is 1. The van der Waals surface area contributed by atoms with E-state index in [2.05, 4.69) is 15.2 Å². The zero-order chi connectivity index (χ0) is 11.7. The fourth-order valence-corrected chi connectivity index (χ4v) is 2.10. The van der Waals surface area contributed by atoms with E-state index in [0.717, 1.165) is 32.0 Å². The van der Waals surface area contributed by atoms with Gasteiger partial charge in [-0.15, -0.1) is 12.4 Å². The van der Waals surface area contributed by atoms with Crippen molar-refractivity contribution in [1.82, 2.24) is 14.7 Å². The van der Waals surface area contributed by atoms with E-state index in [9.17, 15) is 4.79 Å². The van der Waals surface area contributed by atoms with E-state index in [1.165, 1.54) is 0 Å². The molecule has 1 aliphatic rings. The summed E-state index contributed by atoms with van der Waals surface area (Å²) in [5.74, 6) is 0.780. The average Bonchev–Trinajstić information content (AvgIpc) is 2.40. The molecule has 3 rings (SSSR count). The zero-order valence-electron chi connectivity index (χ0n) is 9.87. The minimum atomic E-state index is -0.0240. The summed E-state index contributed by atoms with van der Waals surface area (Å²) in [4.78, 5) is 18.6. The largest absolute Gasteiger partial charge is 0.354 e. The van der Waals surface area contributed by atoms with E-state index in [1.54, 1.807) is 16.7 Å². The highest BCUT2D eigenvalue weighted by molar-refractivity contribution is 5.85. The van der Waals surface area contributed by atoms with Crippen molar-refractivity contribution in [3.63, 3.8) is 0 Å². The normalized spacial score (nSPS) is 15.4. The molecule has 1 aliphatic heterocycles. The maximum Gasteiger partial charge on any atom is 0.259 e. The van der Waals surface area contributed by atoms with Crippen molar-refractivity contribution >= 4 is 23.9 Å². The minimum Gasteiger partial charge on any atom is -0.354 e. The molecule has 0 spiro atoms. The van der Waals surface area contributed by atoms with Gasteiger partial charge in [0.15, 0.2) is 0 Å². The van der Waals surface area contributed by atoms with E-state index in [0.29, 0.717) is 5.65 Å². The molecule has 0 amide bonds. The predicted octanol–water partition coefficient (Wildman–Crippen LogP) is 0.526. The number of aromatic nitrogens is 2. The summed E-state index contributed by atoms with van der Waals surface area (Å²) in [5, 5.41) is 3.28. The summed E-state index contributed by atoms with van der Waals surface area (Å²) >= 11 is 0. The molecule has 1 N–H and O–H groups in total. The van der Waals surface area contributed by atoms with E-state index in [4.69, 9.17) is 0 Å². The van der Waals surface area contributed by atoms with Crippen molar-refractivity contribution in [2.24, 2.45) is 0 Å². The summed E-state index contributed by atoms with van der Waals surface area (Å²) < 4.78 is 1.56. The average molecular weight is 267 g/mol. The van der Waals surface area contributed by atoms with Crippen LogP contribution in [0.1, 0.15) is 0 Å². The van der Waals surface area contributed by atoms with Gasteiger partial charge in [0.25, 0.3) is 5.56 Å². The molecule has 0 atom stereocenters. The van der Waals surface area contributed by atoms with E-state index >= 15 is 0 Å². The van der Waals surface area contributed by atoms with Gasteiger partial charge in [-0.2, -0.15) is 0 Å². The Hall–Kier alpha value is -1.59. The van der Waals surface area contributed by atoms with Crippen LogP contribution in [0.3, 0.4) is 0 Å². The van der Waals surface area contributed by atoms with Gasteiger partial charge < -0.3 is 10.2 Å². The monoisotopic (exact) mass is 266 g/mol. The van der Waals surface area contributed by atoms with Crippen molar-refractivity contribution in [3.05, 3.63) is 40.8 Å². The first-order chi connectivity index (χ1) is 8.34. The second-order valence-corrected chi connectivity index (χ2v) is 4.12. The van der Waals surface area contributed by atoms with Crippen LogP contribution in [0.5, 0.6) is 0 Å². The summed E-state index contributed by atoms with van der Waals surface area (Å²) in [6.07, 6.45) is 1.74. The third-order valence-electron chi connectivity index (χ3n) is 3.00. The van der Waals surface area contributed by atoms with Crippen molar-refractivity contribution in [2.75, 3.05) is 31.1 Å². The Morgan fingerprint density at radius 3 is 2.78 bits per heavy atom. The number of rotatable bonds is 1. The second-order valence-electron chi connectivity index (χ2n) is 4.12. The van der Waals surface area contributed by atoms with Crippen LogP contribution in [0.15, 0.2) is 35.3 Å². The van der Waals surface area contributed by atoms with Crippen LogP contribution >= 0.6 is 12.4 Å². The molecular formula is C12H15ClN4O. The number of piperazine rings is 1. The molecule has 0 radical (unpaired) electrons. The van der Waals surface area contributed by atoms with Gasteiger partial charge in [-0.3, -0.25) is 9.20 Å². The van der Waals surface area contributed by atoms with Gasteiger partial charge in [-0.1, -0.05) is 6.07 Å². The Morgan fingerprint density at radius 1 is 1.22 bits per heavy atom. The van der Waals surface area contributed by atoms with E-state index in [-0.39, 0.29) is 18.0 Å². The SMILES string of the molecule is Cl.O=c1cc(N2CCNCC2)nc2ccccn12. The molecule has 6 heteroatoms. The third-order valence-corrected chi connectivity index (χ3v) is 3.00. The Labute approximate surface area is 111 Å². The molecule has 18 heavy (non-hydrogen) atoms. The summed E-state index contributed by atoms with van der Waals surface area (Å²) in [7, 11) is 0. The lowest BCUT2D eigenvalue weighted by molar-refractivity contribution is 0.584. The molecule has 2 aromatic heterocycles. The van der Waals surface area contributed by atoms with E-state index < -0.39 is 0 Å². The first-order valence-corrected chi connectivity index (χ1v) is 5.79. The smallest absolute Gasteiger partial charge is 0.259 e. The molecule has 5 nitrogen and oxygen atoms in total. The summed E-state index contributed by atoms with van der Waals surface area (Å²) in [5.41, 5.74) is 0.678. The molecule has 0 unspecified atom stereocenters. The van der Waals surface area contributed by atoms with Gasteiger partial charge in [0.2, 0.25) is 0 Å². The lowest BCUT2D eigenvalue weighted by Gasteiger charge is -2.28. The number of nitrogens with zero attached hydrogens (tertiary/aromatic N) is 3. The molecule has 2 aromatic rings. The highest BCUT2D eigenvalue weighted by Gasteiger charge is 2.12. The second kappa shape index (κ2) is 5.37. The number of nitrogens with one attached hydrogen (secondary N) is 1. The molecule has 1 fully saturated rings. The molecule has 96 valence electrons. The van der Waals surface area contributed by atoms with Gasteiger partial charge in [-0.25, -0.2) is 4.98 Å². The molecule has 0 bridgehead atoms. The highest BCUT2D eigenvalue weighted by atomic mass is 35.5. The summed E-state index contributed by atoms with van der Waals surface area (Å²) in [6, 6.07) is 7.19. The van der Waals surface area contributed by atoms with Gasteiger partial charge in [0.1, 0.15) is 11.5 Å². The number of pyridine rings is 1. The van der Waals surface area contributed by atoms with Crippen LogP contribution in [-0.4, -0.2) is 35.6 Å². The lowest BCUT2D eigenvalue weighted by Crippen LogP contribution is -2.44. The van der Waals surface area contributed by atoms with Crippen LogP contribution in [0.25, 0.3) is 5.65 Å². The first-order valence-electron chi connectivity index (χ1n) is 5.79. The van der Waals surface area contributed by atoms with Crippen LogP contribution in [-0.2, 0) is 0 Å². The first kappa shape index (κ1) is 12.9. The van der Waals surface area contributed by atoms with Crippen LogP contribution in [0, 0.1) is 0 Å². The number of hydrogen-bond donors (Lipinski definition) is 1. The summed E-state index contributed by atoms with van der Waals surface area (Å²) in [6.45, 7) is 3.68. The van der Waals surface area contributed by atoms with E-state index in [1.807, 2.05) is 18.2 Å². The molecule has 0 aliphatic carbocycles. The highest BCUT2D eigenvalue weighted by Crippen LogP contribution is 2.10. The number of anilines is 1. The standard InChI is InChI=1S/C12H14N4O.ClH/c17-12-9-11(15-7-4-13-5-8-15)14-10-3-1-2-6-16(10)12;/h1-3,6,9,13H,4-5,7-8H2;1H. The zero-order valence-corrected chi connectivity index (χ0v) is 10.7. The quantitative estimate of drug-likeness (QED) is 0.818. The minimum absolute atomic E-state index is 0. The van der Waals surface area contributed by atoms with Gasteiger partial charge in [-0.05, 0) is 12.1 Å². The number of fused-ring (bicyclic) bond motifs is 1. The van der Waals surface area contributed by atoms with Crippen LogP contribution in [0.4, 0.5) is 5.82 Å². The van der Waals surface area contributed by atoms with Crippen molar-refractivity contribution in [1.29, 1.82) is 0 Å². The van der Waals surface area contributed by atoms with Crippen LogP contribution < -0.4 is 15.8 Å². The maximum atomic E-state index is 11.9. The van der Waals surface area contributed by atoms with Crippen molar-refractivity contribution in [2.45, 2.75) is 0 Å². The van der Waals surface area contributed by atoms with Gasteiger partial charge in [0, 0.05) is 38.4 Å². The number of hydrogen-bond acceptors (Lipinski definition) is 4. The fourth-order valence-electron chi connectivity index (χ4n) is 2.10. The third kappa shape index (κ3) is 2.32. The Morgan fingerprint density at radius 2 is 2.00 bits per heavy atom. The van der Waals surface area contributed by atoms with Crippen molar-refractivity contribution < 1.29 is 0 Å². The molecule has 3 heterocycles. The topological polar surface area (TPSA) is 49.6 Å². The van der Waals surface area contributed by atoms with Crippen LogP contribution in [0.2, 0.25) is 0 Å². The molecule has 0 saturated carbocycles. The maximum absolute atomic E-state index is 11.9. The Bertz CT molecular complexity index is 592. The van der Waals surface area contributed by atoms with Gasteiger partial charge in [0.05, 0.1) is 0 Å². The Kier molecular flexibility index (Phi) is 3.84. The molecular weight excluding hydrogens is 252 g/mol. The predicted molar refractivity (Wildman–Crippen MR) is 73.8 cm³/mol. The lowest BCUT2D eigenvalue weighted by atomic mass is 10.3. The Balaban J connectivity index is 0.00000120. The van der Waals surface area contributed by atoms with Crippen molar-refractivity contribution in [3.8, 4) is 0 Å². The fraction of sp³-hybridized carbons (Fsp3) is 0.333.